The van der Waals surface area contributed by atoms with Gasteiger partial charge in [0.2, 0.25) is 10.0 Å². The highest BCUT2D eigenvalue weighted by Crippen LogP contribution is 2.33. The second kappa shape index (κ2) is 11.5. The maximum Gasteiger partial charge on any atom is 0.253 e. The molecule has 0 spiro atoms. The van der Waals surface area contributed by atoms with Crippen LogP contribution < -0.4 is 4.90 Å². The molecule has 2 aromatic carbocycles. The van der Waals surface area contributed by atoms with Crippen molar-refractivity contribution in [2.45, 2.75) is 37.5 Å². The lowest BCUT2D eigenvalue weighted by Crippen LogP contribution is -2.48. The van der Waals surface area contributed by atoms with Crippen molar-refractivity contribution in [1.29, 1.82) is 0 Å². The van der Waals surface area contributed by atoms with E-state index < -0.39 is 19.9 Å². The van der Waals surface area contributed by atoms with E-state index in [1.807, 2.05) is 33.8 Å². The minimum absolute atomic E-state index is 0.150. The zero-order valence-electron chi connectivity index (χ0n) is 23.0. The molecule has 12 heteroatoms. The van der Waals surface area contributed by atoms with Crippen molar-refractivity contribution in [2.75, 3.05) is 50.4 Å². The van der Waals surface area contributed by atoms with E-state index in [4.69, 9.17) is 0 Å². The molecule has 1 amide bonds. The number of hydrogen-bond acceptors (Lipinski definition) is 8. The van der Waals surface area contributed by atoms with E-state index in [-0.39, 0.29) is 27.5 Å². The predicted octanol–water partition coefficient (Wildman–Crippen LogP) is 3.96. The summed E-state index contributed by atoms with van der Waals surface area (Å²) in [5, 5.41) is 0.732. The van der Waals surface area contributed by atoms with E-state index in [1.54, 1.807) is 29.2 Å². The Morgan fingerprint density at radius 2 is 1.51 bits per heavy atom. The molecule has 1 saturated heterocycles. The lowest BCUT2D eigenvalue weighted by atomic mass is 10.2. The van der Waals surface area contributed by atoms with Gasteiger partial charge in [0.15, 0.2) is 15.0 Å². The number of piperazine rings is 1. The number of sulfonamides is 1. The number of carbonyl (C=O) groups is 1. The van der Waals surface area contributed by atoms with Crippen LogP contribution >= 0.6 is 11.3 Å². The van der Waals surface area contributed by atoms with Crippen molar-refractivity contribution in [3.8, 4) is 0 Å². The van der Waals surface area contributed by atoms with E-state index >= 15 is 0 Å². The van der Waals surface area contributed by atoms with Gasteiger partial charge in [0.05, 0.1) is 14.5 Å². The Morgan fingerprint density at radius 3 is 2.05 bits per heavy atom. The summed E-state index contributed by atoms with van der Waals surface area (Å²) in [4.78, 5) is 22.0. The Labute approximate surface area is 235 Å². The minimum atomic E-state index is -3.66. The first-order valence-electron chi connectivity index (χ1n) is 13.0. The number of anilines is 1. The van der Waals surface area contributed by atoms with Crippen molar-refractivity contribution < 1.29 is 21.6 Å². The molecule has 0 N–H and O–H groups in total. The van der Waals surface area contributed by atoms with Crippen molar-refractivity contribution >= 4 is 52.5 Å². The zero-order valence-corrected chi connectivity index (χ0v) is 25.4. The topological polar surface area (TPSA) is 108 Å². The van der Waals surface area contributed by atoms with Gasteiger partial charge in [0.1, 0.15) is 5.52 Å². The summed E-state index contributed by atoms with van der Waals surface area (Å²) < 4.78 is 53.2. The number of rotatable bonds is 9. The second-order valence-corrected chi connectivity index (χ2v) is 15.7. The van der Waals surface area contributed by atoms with E-state index in [9.17, 15) is 21.6 Å². The third-order valence-electron chi connectivity index (χ3n) is 6.48. The molecular formula is C27H36N4O5S3. The van der Waals surface area contributed by atoms with E-state index in [0.717, 1.165) is 9.83 Å². The molecule has 2 heterocycles. The standard InChI is InChI=1S/C27H36N4O5S3/c1-19(2)17-31(18-20(3)4)39(35,36)22-11-9-21(10-12-22)26(32)29-13-15-30(16-14-29)27-28-25-23(37-27)7-6-8-24(25)38(5,33)34/h6-12,19-20H,13-18H2,1-5H3. The number of aromatic nitrogens is 1. The molecule has 1 aromatic heterocycles. The van der Waals surface area contributed by atoms with Gasteiger partial charge in [0.25, 0.3) is 5.91 Å². The van der Waals surface area contributed by atoms with Gasteiger partial charge in [0, 0.05) is 51.1 Å². The molecule has 0 radical (unpaired) electrons. The van der Waals surface area contributed by atoms with Crippen molar-refractivity contribution in [1.82, 2.24) is 14.2 Å². The van der Waals surface area contributed by atoms with Gasteiger partial charge < -0.3 is 9.80 Å². The summed E-state index contributed by atoms with van der Waals surface area (Å²) in [6.45, 7) is 10.9. The van der Waals surface area contributed by atoms with Crippen molar-refractivity contribution in [3.05, 3.63) is 48.0 Å². The zero-order chi connectivity index (χ0) is 28.5. The monoisotopic (exact) mass is 592 g/mol. The number of amides is 1. The van der Waals surface area contributed by atoms with Crippen LogP contribution in [0, 0.1) is 11.8 Å². The summed E-state index contributed by atoms with van der Waals surface area (Å²) in [5.41, 5.74) is 0.924. The lowest BCUT2D eigenvalue weighted by molar-refractivity contribution is 0.0746. The fourth-order valence-electron chi connectivity index (χ4n) is 4.63. The molecule has 0 aliphatic carbocycles. The Bertz CT molecular complexity index is 1530. The van der Waals surface area contributed by atoms with Gasteiger partial charge >= 0.3 is 0 Å². The Kier molecular flexibility index (Phi) is 8.70. The number of benzene rings is 2. The summed E-state index contributed by atoms with van der Waals surface area (Å²) in [5.74, 6) is 0.244. The molecule has 0 bridgehead atoms. The van der Waals surface area contributed by atoms with Crippen LogP contribution in [0.25, 0.3) is 10.2 Å². The number of hydrogen-bond donors (Lipinski definition) is 0. The molecule has 1 fully saturated rings. The predicted molar refractivity (Wildman–Crippen MR) is 156 cm³/mol. The van der Waals surface area contributed by atoms with E-state index in [0.29, 0.717) is 50.3 Å². The van der Waals surface area contributed by atoms with Gasteiger partial charge in [-0.1, -0.05) is 45.1 Å². The average Bonchev–Trinajstić information content (AvgIpc) is 3.31. The molecule has 0 atom stereocenters. The first kappa shape index (κ1) is 29.4. The summed E-state index contributed by atoms with van der Waals surface area (Å²) >= 11 is 1.44. The number of fused-ring (bicyclic) bond motifs is 1. The normalized spacial score (nSPS) is 15.2. The first-order chi connectivity index (χ1) is 18.3. The first-order valence-corrected chi connectivity index (χ1v) is 17.2. The molecule has 1 aliphatic rings. The third kappa shape index (κ3) is 6.62. The maximum atomic E-state index is 13.3. The van der Waals surface area contributed by atoms with Crippen LogP contribution in [0.1, 0.15) is 38.1 Å². The molecular weight excluding hydrogens is 557 g/mol. The van der Waals surface area contributed by atoms with Gasteiger partial charge in [-0.05, 0) is 48.2 Å². The Hall–Kier alpha value is -2.54. The van der Waals surface area contributed by atoms with Gasteiger partial charge in [-0.15, -0.1) is 0 Å². The van der Waals surface area contributed by atoms with Crippen LogP contribution in [0.3, 0.4) is 0 Å². The molecule has 212 valence electrons. The average molecular weight is 593 g/mol. The summed E-state index contributed by atoms with van der Waals surface area (Å²) in [6, 6.07) is 11.4. The highest BCUT2D eigenvalue weighted by atomic mass is 32.2. The summed E-state index contributed by atoms with van der Waals surface area (Å²) in [7, 11) is -7.06. The van der Waals surface area contributed by atoms with Crippen LogP contribution in [0.4, 0.5) is 5.13 Å². The number of para-hydroxylation sites is 1. The quantitative estimate of drug-likeness (QED) is 0.370. The maximum absolute atomic E-state index is 13.3. The van der Waals surface area contributed by atoms with Gasteiger partial charge in [-0.3, -0.25) is 4.79 Å². The van der Waals surface area contributed by atoms with Crippen molar-refractivity contribution in [2.24, 2.45) is 11.8 Å². The van der Waals surface area contributed by atoms with Crippen LogP contribution in [0.15, 0.2) is 52.3 Å². The Balaban J connectivity index is 1.44. The largest absolute Gasteiger partial charge is 0.345 e. The van der Waals surface area contributed by atoms with E-state index in [2.05, 4.69) is 9.88 Å². The molecule has 3 aromatic rings. The number of thiazole rings is 1. The van der Waals surface area contributed by atoms with Crippen LogP contribution in [0.5, 0.6) is 0 Å². The van der Waals surface area contributed by atoms with Crippen LogP contribution in [-0.2, 0) is 19.9 Å². The fraction of sp³-hybridized carbons (Fsp3) is 0.481. The number of nitrogens with zero attached hydrogens (tertiary/aromatic N) is 4. The SMILES string of the molecule is CC(C)CN(CC(C)C)S(=O)(=O)c1ccc(C(=O)N2CCN(c3nc4c(S(C)(=O)=O)cccc4s3)CC2)cc1. The van der Waals surface area contributed by atoms with E-state index in [1.165, 1.54) is 34.0 Å². The smallest absolute Gasteiger partial charge is 0.253 e. The van der Waals surface area contributed by atoms with Crippen molar-refractivity contribution in [3.63, 3.8) is 0 Å². The third-order valence-corrected chi connectivity index (χ3v) is 10.5. The van der Waals surface area contributed by atoms with Crippen LogP contribution in [-0.4, -0.2) is 82.5 Å². The highest BCUT2D eigenvalue weighted by Gasteiger charge is 2.28. The summed E-state index contributed by atoms with van der Waals surface area (Å²) in [6.07, 6.45) is 1.18. The molecule has 9 nitrogen and oxygen atoms in total. The van der Waals surface area contributed by atoms with Gasteiger partial charge in [-0.2, -0.15) is 4.31 Å². The molecule has 1 aliphatic heterocycles. The molecule has 0 unspecified atom stereocenters. The minimum Gasteiger partial charge on any atom is -0.345 e. The second-order valence-electron chi connectivity index (χ2n) is 10.8. The molecule has 4 rings (SSSR count). The van der Waals surface area contributed by atoms with Gasteiger partial charge in [-0.25, -0.2) is 21.8 Å². The fourth-order valence-corrected chi connectivity index (χ4v) is 8.34. The number of sulfone groups is 1. The highest BCUT2D eigenvalue weighted by molar-refractivity contribution is 7.91. The lowest BCUT2D eigenvalue weighted by Gasteiger charge is -2.34. The number of carbonyl (C=O) groups excluding carboxylic acids is 1. The molecule has 0 saturated carbocycles. The Morgan fingerprint density at radius 1 is 0.923 bits per heavy atom. The van der Waals surface area contributed by atoms with Crippen LogP contribution in [0.2, 0.25) is 0 Å². The molecule has 39 heavy (non-hydrogen) atoms.